The zero-order valence-electron chi connectivity index (χ0n) is 21.3. The van der Waals surface area contributed by atoms with Gasteiger partial charge in [-0.05, 0) is 87.3 Å². The van der Waals surface area contributed by atoms with E-state index in [1.54, 1.807) is 6.08 Å². The second-order valence-corrected chi connectivity index (χ2v) is 9.82. The number of hydrogen-bond donors (Lipinski definition) is 4. The fourth-order valence-corrected chi connectivity index (χ4v) is 3.94. The molecule has 0 aromatic rings. The summed E-state index contributed by atoms with van der Waals surface area (Å²) in [6, 6.07) is 0. The van der Waals surface area contributed by atoms with Crippen molar-refractivity contribution in [2.24, 2.45) is 15.9 Å². The summed E-state index contributed by atoms with van der Waals surface area (Å²) in [5.41, 5.74) is 5.55. The first-order chi connectivity index (χ1) is 16.2. The third kappa shape index (κ3) is 9.31. The van der Waals surface area contributed by atoms with Crippen LogP contribution in [-0.2, 0) is 0 Å². The number of rotatable bonds is 7. The van der Waals surface area contributed by atoms with Gasteiger partial charge in [0.2, 0.25) is 0 Å². The van der Waals surface area contributed by atoms with Gasteiger partial charge in [0.05, 0.1) is 23.8 Å². The number of nitrogens with zero attached hydrogens (tertiary/aromatic N) is 3. The normalized spacial score (nSPS) is 23.8. The van der Waals surface area contributed by atoms with Crippen molar-refractivity contribution in [3.05, 3.63) is 70.3 Å². The fourth-order valence-electron chi connectivity index (χ4n) is 3.80. The largest absolute Gasteiger partial charge is 0.358 e. The van der Waals surface area contributed by atoms with Crippen LogP contribution in [0.1, 0.15) is 53.4 Å². The molecular formula is C27H40N6S. The highest BCUT2D eigenvalue weighted by molar-refractivity contribution is 7.84. The first-order valence-electron chi connectivity index (χ1n) is 11.9. The molecule has 0 aromatic heterocycles. The second kappa shape index (κ2) is 13.9. The van der Waals surface area contributed by atoms with E-state index in [0.717, 1.165) is 77.3 Å². The van der Waals surface area contributed by atoms with E-state index in [0.29, 0.717) is 12.3 Å². The highest BCUT2D eigenvalue weighted by atomic mass is 32.1. The van der Waals surface area contributed by atoms with E-state index in [-0.39, 0.29) is 0 Å². The number of hydrogen-bond acceptors (Lipinski definition) is 7. The van der Waals surface area contributed by atoms with Crippen LogP contribution in [0.4, 0.5) is 0 Å². The summed E-state index contributed by atoms with van der Waals surface area (Å²) in [6.45, 7) is 14.3. The molecule has 3 N–H and O–H groups in total. The molecule has 0 radical (unpaired) electrons. The average Bonchev–Trinajstić information content (AvgIpc) is 3.25. The molecule has 2 heterocycles. The molecule has 0 bridgehead atoms. The van der Waals surface area contributed by atoms with Crippen molar-refractivity contribution in [2.75, 3.05) is 20.3 Å². The molecule has 7 heteroatoms. The van der Waals surface area contributed by atoms with Crippen molar-refractivity contribution in [1.29, 1.82) is 5.41 Å². The van der Waals surface area contributed by atoms with Crippen LogP contribution < -0.4 is 10.6 Å². The van der Waals surface area contributed by atoms with Crippen LogP contribution in [0.25, 0.3) is 0 Å². The van der Waals surface area contributed by atoms with Crippen molar-refractivity contribution in [2.45, 2.75) is 53.4 Å². The minimum Gasteiger partial charge on any atom is -0.358 e. The number of allylic oxidation sites excluding steroid dienone is 8. The van der Waals surface area contributed by atoms with E-state index in [4.69, 9.17) is 15.4 Å². The maximum atomic E-state index is 7.45. The Kier molecular flexibility index (Phi) is 11.3. The quantitative estimate of drug-likeness (QED) is 0.213. The van der Waals surface area contributed by atoms with Crippen LogP contribution in [0.3, 0.4) is 0 Å². The lowest BCUT2D eigenvalue weighted by atomic mass is 9.99. The van der Waals surface area contributed by atoms with Crippen molar-refractivity contribution >= 4 is 30.3 Å². The van der Waals surface area contributed by atoms with Gasteiger partial charge in [0.15, 0.2) is 0 Å². The Balaban J connectivity index is 2.29. The predicted molar refractivity (Wildman–Crippen MR) is 151 cm³/mol. The molecule has 2 rings (SSSR count). The summed E-state index contributed by atoms with van der Waals surface area (Å²) < 4.78 is 0. The average molecular weight is 481 g/mol. The van der Waals surface area contributed by atoms with Crippen LogP contribution in [0.5, 0.6) is 0 Å². The molecular weight excluding hydrogens is 440 g/mol. The van der Waals surface area contributed by atoms with Gasteiger partial charge < -0.3 is 15.6 Å². The summed E-state index contributed by atoms with van der Waals surface area (Å²) in [5, 5.41) is 14.5. The van der Waals surface area contributed by atoms with Crippen molar-refractivity contribution in [1.82, 2.24) is 15.5 Å². The molecule has 6 nitrogen and oxygen atoms in total. The molecule has 0 aliphatic carbocycles. The number of nitrogens with one attached hydrogen (secondary N) is 3. The first-order valence-corrected chi connectivity index (χ1v) is 12.3. The van der Waals surface area contributed by atoms with Crippen LogP contribution in [0, 0.1) is 11.3 Å². The smallest absolute Gasteiger partial charge is 0.129 e. The van der Waals surface area contributed by atoms with Crippen LogP contribution in [-0.4, -0.2) is 42.8 Å². The van der Waals surface area contributed by atoms with Crippen molar-refractivity contribution in [3.8, 4) is 0 Å². The van der Waals surface area contributed by atoms with Crippen molar-refractivity contribution in [3.63, 3.8) is 0 Å². The SMILES string of the molecule is C=C(N/C1=C/C=C(/N=C(C)C)N(C)CNCCCC(C)C1)C1=CCC(C(/C=C(\C)S)=C/C=N)=N1. The Morgan fingerprint density at radius 2 is 2.12 bits per heavy atom. The lowest BCUT2D eigenvalue weighted by Crippen LogP contribution is -2.31. The van der Waals surface area contributed by atoms with Gasteiger partial charge in [-0.3, -0.25) is 10.3 Å². The molecule has 1 atom stereocenters. The summed E-state index contributed by atoms with van der Waals surface area (Å²) in [7, 11) is 2.06. The predicted octanol–water partition coefficient (Wildman–Crippen LogP) is 5.73. The van der Waals surface area contributed by atoms with Gasteiger partial charge in [-0.25, -0.2) is 4.99 Å². The molecule has 2 aliphatic rings. The van der Waals surface area contributed by atoms with Crippen LogP contribution in [0.2, 0.25) is 0 Å². The summed E-state index contributed by atoms with van der Waals surface area (Å²) in [6.07, 6.45) is 15.2. The third-order valence-corrected chi connectivity index (χ3v) is 5.59. The molecule has 184 valence electrons. The molecule has 0 fully saturated rings. The Labute approximate surface area is 211 Å². The first kappa shape index (κ1) is 27.6. The summed E-state index contributed by atoms with van der Waals surface area (Å²) in [4.78, 5) is 12.5. The summed E-state index contributed by atoms with van der Waals surface area (Å²) >= 11 is 4.38. The zero-order valence-corrected chi connectivity index (χ0v) is 22.2. The van der Waals surface area contributed by atoms with Crippen LogP contribution in [0.15, 0.2) is 80.3 Å². The van der Waals surface area contributed by atoms with Gasteiger partial charge >= 0.3 is 0 Å². The molecule has 0 saturated carbocycles. The zero-order chi connectivity index (χ0) is 25.1. The van der Waals surface area contributed by atoms with E-state index >= 15 is 0 Å². The van der Waals surface area contributed by atoms with E-state index in [1.807, 2.05) is 26.8 Å². The van der Waals surface area contributed by atoms with E-state index in [9.17, 15) is 0 Å². The molecule has 0 spiro atoms. The minimum atomic E-state index is 0.543. The van der Waals surface area contributed by atoms with Crippen molar-refractivity contribution < 1.29 is 0 Å². The summed E-state index contributed by atoms with van der Waals surface area (Å²) in [5.74, 6) is 1.46. The highest BCUT2D eigenvalue weighted by Gasteiger charge is 2.16. The molecule has 0 saturated heterocycles. The Bertz CT molecular complexity index is 969. The Hall–Kier alpha value is -2.64. The van der Waals surface area contributed by atoms with Gasteiger partial charge in [0.1, 0.15) is 5.82 Å². The molecule has 2 aliphatic heterocycles. The van der Waals surface area contributed by atoms with Gasteiger partial charge in [0, 0.05) is 31.1 Å². The topological polar surface area (TPSA) is 75.9 Å². The monoisotopic (exact) mass is 480 g/mol. The van der Waals surface area contributed by atoms with E-state index < -0.39 is 0 Å². The molecule has 34 heavy (non-hydrogen) atoms. The third-order valence-electron chi connectivity index (χ3n) is 5.46. The van der Waals surface area contributed by atoms with Gasteiger partial charge in [0.25, 0.3) is 0 Å². The maximum absolute atomic E-state index is 7.45. The molecule has 0 aromatic carbocycles. The lowest BCUT2D eigenvalue weighted by Gasteiger charge is -2.22. The Morgan fingerprint density at radius 3 is 2.79 bits per heavy atom. The molecule has 1 unspecified atom stereocenters. The maximum Gasteiger partial charge on any atom is 0.129 e. The number of thiol groups is 1. The van der Waals surface area contributed by atoms with Gasteiger partial charge in [-0.1, -0.05) is 19.6 Å². The lowest BCUT2D eigenvalue weighted by molar-refractivity contribution is 0.364. The molecule has 0 amide bonds. The van der Waals surface area contributed by atoms with Crippen LogP contribution >= 0.6 is 12.6 Å². The van der Waals surface area contributed by atoms with E-state index in [1.165, 1.54) is 6.21 Å². The highest BCUT2D eigenvalue weighted by Crippen LogP contribution is 2.24. The Morgan fingerprint density at radius 1 is 1.35 bits per heavy atom. The fraction of sp³-hybridized carbons (Fsp3) is 0.444. The standard InChI is InChI=1S/C27H40N6S/c1-19(2)30-27-12-9-24(16-20(3)8-7-15-29-18-33(27)6)31-22(5)25-10-11-26(32-25)23(13-14-28)17-21(4)34/h9-10,12-14,17,20,28-29,31,34H,5,7-8,11,15-16,18H2,1-4,6H3/b21-17+,23-13+,24-9+,27-12-,28-14?. The van der Waals surface area contributed by atoms with Gasteiger partial charge in [-0.2, -0.15) is 0 Å². The second-order valence-electron chi connectivity index (χ2n) is 9.11. The number of aliphatic imine (C=N–C) groups is 2. The van der Waals surface area contributed by atoms with E-state index in [2.05, 4.69) is 66.9 Å². The van der Waals surface area contributed by atoms with Gasteiger partial charge in [-0.15, -0.1) is 12.6 Å². The minimum absolute atomic E-state index is 0.543.